The van der Waals surface area contributed by atoms with Crippen LogP contribution >= 0.6 is 12.2 Å². The summed E-state index contributed by atoms with van der Waals surface area (Å²) >= 11 is 4.74. The van der Waals surface area contributed by atoms with Crippen molar-refractivity contribution >= 4 is 29.0 Å². The zero-order chi connectivity index (χ0) is 15.1. The number of nitrogens with one attached hydrogen (secondary N) is 1. The van der Waals surface area contributed by atoms with Crippen LogP contribution in [0.3, 0.4) is 0 Å². The maximum atomic E-state index is 11.3. The van der Waals surface area contributed by atoms with Crippen LogP contribution in [-0.4, -0.2) is 34.0 Å². The number of aliphatic hydroxyl groups is 2. The highest BCUT2D eigenvalue weighted by Crippen LogP contribution is 2.26. The SMILES string of the molecule is CCOC(=O)CC(O)C(O)c1ccccc1NC(N)=S. The van der Waals surface area contributed by atoms with Crippen LogP contribution in [0.25, 0.3) is 0 Å². The molecule has 1 aromatic rings. The van der Waals surface area contributed by atoms with Gasteiger partial charge in [0, 0.05) is 11.3 Å². The number of aliphatic hydroxyl groups excluding tert-OH is 2. The van der Waals surface area contributed by atoms with Crippen molar-refractivity contribution in [3.05, 3.63) is 29.8 Å². The number of hydrogen-bond donors (Lipinski definition) is 4. The molecule has 0 aliphatic heterocycles. The predicted octanol–water partition coefficient (Wildman–Crippen LogP) is 0.690. The lowest BCUT2D eigenvalue weighted by Gasteiger charge is -2.20. The van der Waals surface area contributed by atoms with Crippen molar-refractivity contribution in [2.24, 2.45) is 5.73 Å². The van der Waals surface area contributed by atoms with Crippen molar-refractivity contribution in [2.75, 3.05) is 11.9 Å². The summed E-state index contributed by atoms with van der Waals surface area (Å²) in [7, 11) is 0. The summed E-state index contributed by atoms with van der Waals surface area (Å²) in [6, 6.07) is 6.70. The Morgan fingerprint density at radius 3 is 2.70 bits per heavy atom. The van der Waals surface area contributed by atoms with Gasteiger partial charge in [-0.2, -0.15) is 0 Å². The van der Waals surface area contributed by atoms with E-state index < -0.39 is 18.2 Å². The summed E-state index contributed by atoms with van der Waals surface area (Å²) < 4.78 is 4.73. The molecule has 0 aromatic heterocycles. The zero-order valence-electron chi connectivity index (χ0n) is 11.1. The first-order chi connectivity index (χ1) is 9.45. The Balaban J connectivity index is 2.82. The van der Waals surface area contributed by atoms with E-state index >= 15 is 0 Å². The Kier molecular flexibility index (Phi) is 6.37. The van der Waals surface area contributed by atoms with Crippen molar-refractivity contribution in [1.29, 1.82) is 0 Å². The molecule has 1 aromatic carbocycles. The minimum Gasteiger partial charge on any atom is -0.466 e. The molecule has 0 spiro atoms. The predicted molar refractivity (Wildman–Crippen MR) is 79.1 cm³/mol. The van der Waals surface area contributed by atoms with Gasteiger partial charge in [0.25, 0.3) is 0 Å². The Hall–Kier alpha value is -1.70. The van der Waals surface area contributed by atoms with E-state index in [4.69, 9.17) is 22.7 Å². The van der Waals surface area contributed by atoms with E-state index in [2.05, 4.69) is 5.32 Å². The zero-order valence-corrected chi connectivity index (χ0v) is 11.9. The fraction of sp³-hybridized carbons (Fsp3) is 0.385. The second-order valence-electron chi connectivity index (χ2n) is 4.10. The molecule has 0 aliphatic carbocycles. The minimum absolute atomic E-state index is 0.0459. The number of nitrogens with two attached hydrogens (primary N) is 1. The van der Waals surface area contributed by atoms with Gasteiger partial charge in [0.2, 0.25) is 0 Å². The highest BCUT2D eigenvalue weighted by molar-refractivity contribution is 7.80. The lowest BCUT2D eigenvalue weighted by Crippen LogP contribution is -2.25. The molecule has 0 saturated carbocycles. The average molecular weight is 298 g/mol. The van der Waals surface area contributed by atoms with Crippen LogP contribution in [0.2, 0.25) is 0 Å². The Morgan fingerprint density at radius 1 is 1.45 bits per heavy atom. The van der Waals surface area contributed by atoms with Gasteiger partial charge in [0.05, 0.1) is 19.1 Å². The smallest absolute Gasteiger partial charge is 0.308 e. The van der Waals surface area contributed by atoms with Gasteiger partial charge in [0.15, 0.2) is 5.11 Å². The normalized spacial score (nSPS) is 13.3. The number of carbonyl (C=O) groups is 1. The number of para-hydroxylation sites is 1. The number of ether oxygens (including phenoxy) is 1. The fourth-order valence-electron chi connectivity index (χ4n) is 1.71. The van der Waals surface area contributed by atoms with Crippen molar-refractivity contribution in [1.82, 2.24) is 0 Å². The van der Waals surface area contributed by atoms with E-state index in [1.807, 2.05) is 0 Å². The van der Waals surface area contributed by atoms with Crippen molar-refractivity contribution in [3.8, 4) is 0 Å². The summed E-state index contributed by atoms with van der Waals surface area (Å²) in [5, 5.41) is 22.8. The first-order valence-electron chi connectivity index (χ1n) is 6.12. The second-order valence-corrected chi connectivity index (χ2v) is 4.54. The topological polar surface area (TPSA) is 105 Å². The van der Waals surface area contributed by atoms with Crippen molar-refractivity contribution < 1.29 is 19.7 Å². The van der Waals surface area contributed by atoms with Crippen LogP contribution in [0, 0.1) is 0 Å². The first kappa shape index (κ1) is 16.4. The van der Waals surface area contributed by atoms with Gasteiger partial charge >= 0.3 is 5.97 Å². The molecule has 2 unspecified atom stereocenters. The number of benzene rings is 1. The third-order valence-electron chi connectivity index (χ3n) is 2.58. The summed E-state index contributed by atoms with van der Waals surface area (Å²) in [5.74, 6) is -0.571. The lowest BCUT2D eigenvalue weighted by molar-refractivity contribution is -0.147. The molecule has 7 heteroatoms. The van der Waals surface area contributed by atoms with Gasteiger partial charge in [-0.1, -0.05) is 18.2 Å². The van der Waals surface area contributed by atoms with E-state index in [1.54, 1.807) is 31.2 Å². The minimum atomic E-state index is -1.27. The lowest BCUT2D eigenvalue weighted by atomic mass is 10.0. The van der Waals surface area contributed by atoms with Gasteiger partial charge in [0.1, 0.15) is 6.10 Å². The molecule has 20 heavy (non-hydrogen) atoms. The van der Waals surface area contributed by atoms with Crippen molar-refractivity contribution in [3.63, 3.8) is 0 Å². The first-order valence-corrected chi connectivity index (χ1v) is 6.53. The number of esters is 1. The summed E-state index contributed by atoms with van der Waals surface area (Å²) in [6.07, 6.45) is -2.82. The van der Waals surface area contributed by atoms with Crippen molar-refractivity contribution in [2.45, 2.75) is 25.6 Å². The third-order valence-corrected chi connectivity index (χ3v) is 2.68. The van der Waals surface area contributed by atoms with E-state index in [-0.39, 0.29) is 18.1 Å². The molecule has 0 bridgehead atoms. The van der Waals surface area contributed by atoms with Crippen LogP contribution < -0.4 is 11.1 Å². The number of hydrogen-bond acceptors (Lipinski definition) is 5. The number of rotatable bonds is 6. The van der Waals surface area contributed by atoms with E-state index in [0.717, 1.165) is 0 Å². The molecule has 6 nitrogen and oxygen atoms in total. The largest absolute Gasteiger partial charge is 0.466 e. The molecule has 0 fully saturated rings. The third kappa shape index (κ3) is 4.76. The monoisotopic (exact) mass is 298 g/mol. The molecule has 0 radical (unpaired) electrons. The van der Waals surface area contributed by atoms with Crippen LogP contribution in [0.5, 0.6) is 0 Å². The molecule has 110 valence electrons. The second kappa shape index (κ2) is 7.78. The highest BCUT2D eigenvalue weighted by atomic mass is 32.1. The van der Waals surface area contributed by atoms with Gasteiger partial charge in [-0.15, -0.1) is 0 Å². The Bertz CT molecular complexity index is 481. The quantitative estimate of drug-likeness (QED) is 0.452. The van der Waals surface area contributed by atoms with Crippen LogP contribution in [0.15, 0.2) is 24.3 Å². The summed E-state index contributed by atoms with van der Waals surface area (Å²) in [5.41, 5.74) is 6.27. The summed E-state index contributed by atoms with van der Waals surface area (Å²) in [6.45, 7) is 1.89. The van der Waals surface area contributed by atoms with Gasteiger partial charge in [-0.3, -0.25) is 4.79 Å². The molecule has 0 heterocycles. The standard InChI is InChI=1S/C13H18N2O4S/c1-2-19-11(17)7-10(16)12(18)8-5-3-4-6-9(8)15-13(14)20/h3-6,10,12,16,18H,2,7H2,1H3,(H3,14,15,20). The molecule has 0 amide bonds. The fourth-order valence-corrected chi connectivity index (χ4v) is 1.82. The van der Waals surface area contributed by atoms with E-state index in [9.17, 15) is 15.0 Å². The van der Waals surface area contributed by atoms with E-state index in [0.29, 0.717) is 11.3 Å². The number of anilines is 1. The summed E-state index contributed by atoms with van der Waals surface area (Å²) in [4.78, 5) is 11.3. The van der Waals surface area contributed by atoms with Gasteiger partial charge in [-0.05, 0) is 25.2 Å². The van der Waals surface area contributed by atoms with Crippen LogP contribution in [0.4, 0.5) is 5.69 Å². The Labute approximate surface area is 122 Å². The molecular weight excluding hydrogens is 280 g/mol. The van der Waals surface area contributed by atoms with Crippen LogP contribution in [-0.2, 0) is 9.53 Å². The maximum absolute atomic E-state index is 11.3. The molecule has 5 N–H and O–H groups in total. The Morgan fingerprint density at radius 2 is 2.10 bits per heavy atom. The molecule has 1 rings (SSSR count). The number of carbonyl (C=O) groups excluding carboxylic acids is 1. The number of thiocarbonyl (C=S) groups is 1. The average Bonchev–Trinajstić information content (AvgIpc) is 2.38. The molecule has 0 saturated heterocycles. The highest BCUT2D eigenvalue weighted by Gasteiger charge is 2.24. The molecule has 0 aliphatic rings. The maximum Gasteiger partial charge on any atom is 0.308 e. The molecular formula is C13H18N2O4S. The van der Waals surface area contributed by atoms with Gasteiger partial charge in [-0.25, -0.2) is 0 Å². The van der Waals surface area contributed by atoms with Gasteiger partial charge < -0.3 is 26.0 Å². The molecule has 2 atom stereocenters. The van der Waals surface area contributed by atoms with Crippen LogP contribution in [0.1, 0.15) is 25.0 Å². The van der Waals surface area contributed by atoms with E-state index in [1.165, 1.54) is 0 Å².